The number of para-hydroxylation sites is 1. The first-order valence-corrected chi connectivity index (χ1v) is 20.4. The zero-order valence-corrected chi connectivity index (χ0v) is 32.9. The monoisotopic (exact) mass is 739 g/mol. The van der Waals surface area contributed by atoms with E-state index in [0.29, 0.717) is 0 Å². The Labute approximate surface area is 331 Å². The van der Waals surface area contributed by atoms with Crippen LogP contribution in [0.15, 0.2) is 168 Å². The van der Waals surface area contributed by atoms with E-state index < -0.39 is 0 Å². The van der Waals surface area contributed by atoms with Crippen LogP contribution in [0.5, 0.6) is 0 Å². The van der Waals surface area contributed by atoms with Gasteiger partial charge in [0, 0.05) is 47.7 Å². The third-order valence-electron chi connectivity index (χ3n) is 12.3. The van der Waals surface area contributed by atoms with Crippen LogP contribution in [0.3, 0.4) is 0 Å². The number of furan rings is 1. The molecular formula is C53H41NOS. The Morgan fingerprint density at radius 2 is 1.09 bits per heavy atom. The van der Waals surface area contributed by atoms with Crippen molar-refractivity contribution in [3.05, 3.63) is 175 Å². The summed E-state index contributed by atoms with van der Waals surface area (Å²) < 4.78 is 9.00. The molecule has 0 atom stereocenters. The Balaban J connectivity index is 1.08. The van der Waals surface area contributed by atoms with Gasteiger partial charge in [0.15, 0.2) is 0 Å². The molecule has 0 radical (unpaired) electrons. The summed E-state index contributed by atoms with van der Waals surface area (Å²) in [5, 5.41) is 7.39. The van der Waals surface area contributed by atoms with Gasteiger partial charge >= 0.3 is 0 Å². The van der Waals surface area contributed by atoms with Gasteiger partial charge < -0.3 is 9.32 Å². The van der Waals surface area contributed by atoms with Gasteiger partial charge in [0.05, 0.1) is 5.69 Å². The Kier molecular flexibility index (Phi) is 7.21. The van der Waals surface area contributed by atoms with Crippen molar-refractivity contribution >= 4 is 81.3 Å². The fraction of sp³-hybridized carbons (Fsp3) is 0.132. The van der Waals surface area contributed by atoms with Gasteiger partial charge in [0.1, 0.15) is 11.2 Å². The number of hydrogen-bond acceptors (Lipinski definition) is 3. The number of fused-ring (bicyclic) bond motifs is 8. The van der Waals surface area contributed by atoms with Crippen molar-refractivity contribution in [2.45, 2.75) is 44.9 Å². The molecule has 0 fully saturated rings. The topological polar surface area (TPSA) is 16.4 Å². The Morgan fingerprint density at radius 1 is 0.446 bits per heavy atom. The zero-order chi connectivity index (χ0) is 37.8. The van der Waals surface area contributed by atoms with Crippen LogP contribution in [0.1, 0.15) is 45.2 Å². The van der Waals surface area contributed by atoms with Crippen molar-refractivity contribution in [1.82, 2.24) is 0 Å². The van der Waals surface area contributed by atoms with Gasteiger partial charge in [-0.15, -0.1) is 11.3 Å². The molecule has 0 saturated carbocycles. The van der Waals surface area contributed by atoms with E-state index in [2.05, 4.69) is 184 Å². The molecule has 0 N–H and O–H groups in total. The molecular weight excluding hydrogens is 699 g/mol. The zero-order valence-electron chi connectivity index (χ0n) is 32.1. The first-order chi connectivity index (χ1) is 27.2. The molecule has 2 aromatic heterocycles. The standard InChI is InChI=1S/C53H41NOS/c1-52(2)32-53(3,4)46-31-51-44(30-45(46)52)43-28-35(22-27-50(43)56-51)38-15-10-17-40-39(38)16-11-18-47(40)54(36-23-20-34(21-24-36)33-12-6-5-7-13-33)37-25-26-49-42(29-37)41-14-8-9-19-48(41)55-49/h5-31H,32H2,1-4H3. The fourth-order valence-electron chi connectivity index (χ4n) is 9.86. The molecule has 2 nitrogen and oxygen atoms in total. The van der Waals surface area contributed by atoms with Crippen molar-refractivity contribution in [2.24, 2.45) is 0 Å². The Bertz CT molecular complexity index is 3160. The number of rotatable bonds is 5. The number of anilines is 3. The smallest absolute Gasteiger partial charge is 0.135 e. The lowest BCUT2D eigenvalue weighted by molar-refractivity contribution is 0.403. The van der Waals surface area contributed by atoms with Crippen LogP contribution in [0, 0.1) is 0 Å². The second kappa shape index (κ2) is 12.2. The van der Waals surface area contributed by atoms with Crippen LogP contribution in [0.25, 0.3) is 75.1 Å². The van der Waals surface area contributed by atoms with Crippen molar-refractivity contribution in [3.63, 3.8) is 0 Å². The van der Waals surface area contributed by atoms with Crippen LogP contribution in [-0.4, -0.2) is 0 Å². The van der Waals surface area contributed by atoms with E-state index in [1.807, 2.05) is 23.5 Å². The van der Waals surface area contributed by atoms with Gasteiger partial charge in [-0.2, -0.15) is 0 Å². The van der Waals surface area contributed by atoms with E-state index in [9.17, 15) is 0 Å². The molecule has 1 aliphatic carbocycles. The normalized spacial score (nSPS) is 14.6. The van der Waals surface area contributed by atoms with Gasteiger partial charge in [0.25, 0.3) is 0 Å². The second-order valence-electron chi connectivity index (χ2n) is 16.9. The quantitative estimate of drug-likeness (QED) is 0.175. The minimum absolute atomic E-state index is 0.161. The van der Waals surface area contributed by atoms with Gasteiger partial charge in [-0.25, -0.2) is 0 Å². The molecule has 56 heavy (non-hydrogen) atoms. The van der Waals surface area contributed by atoms with Gasteiger partial charge in [-0.1, -0.05) is 125 Å². The lowest BCUT2D eigenvalue weighted by atomic mass is 9.82. The molecule has 0 saturated heterocycles. The maximum Gasteiger partial charge on any atom is 0.135 e. The molecule has 11 rings (SSSR count). The molecule has 270 valence electrons. The molecule has 2 heterocycles. The molecule has 0 unspecified atom stereocenters. The minimum atomic E-state index is 0.161. The van der Waals surface area contributed by atoms with E-state index in [4.69, 9.17) is 4.42 Å². The van der Waals surface area contributed by atoms with Gasteiger partial charge in [0.2, 0.25) is 0 Å². The van der Waals surface area contributed by atoms with Crippen LogP contribution in [-0.2, 0) is 10.8 Å². The number of hydrogen-bond donors (Lipinski definition) is 0. The lowest BCUT2D eigenvalue weighted by Gasteiger charge is -2.27. The molecule has 3 heteroatoms. The van der Waals surface area contributed by atoms with E-state index >= 15 is 0 Å². The molecule has 0 amide bonds. The first-order valence-electron chi connectivity index (χ1n) is 19.6. The summed E-state index contributed by atoms with van der Waals surface area (Å²) in [7, 11) is 0. The van der Waals surface area contributed by atoms with Crippen LogP contribution < -0.4 is 4.90 Å². The Morgan fingerprint density at radius 3 is 1.93 bits per heavy atom. The Hall–Kier alpha value is -6.16. The highest BCUT2D eigenvalue weighted by Gasteiger charge is 2.42. The predicted molar refractivity (Wildman–Crippen MR) is 240 cm³/mol. The number of benzene rings is 8. The lowest BCUT2D eigenvalue weighted by Crippen LogP contribution is -2.17. The molecule has 0 bridgehead atoms. The third kappa shape index (κ3) is 5.14. The van der Waals surface area contributed by atoms with Crippen molar-refractivity contribution in [2.75, 3.05) is 4.90 Å². The van der Waals surface area contributed by atoms with Gasteiger partial charge in [-0.3, -0.25) is 0 Å². The van der Waals surface area contributed by atoms with Crippen molar-refractivity contribution in [1.29, 1.82) is 0 Å². The maximum atomic E-state index is 6.27. The van der Waals surface area contributed by atoms with E-state index in [1.54, 1.807) is 0 Å². The molecule has 0 aliphatic heterocycles. The molecule has 0 spiro atoms. The van der Waals surface area contributed by atoms with E-state index in [-0.39, 0.29) is 10.8 Å². The van der Waals surface area contributed by atoms with Crippen LogP contribution in [0.2, 0.25) is 0 Å². The van der Waals surface area contributed by atoms with E-state index in [0.717, 1.165) is 39.0 Å². The van der Waals surface area contributed by atoms with Crippen LogP contribution in [0.4, 0.5) is 17.1 Å². The number of thiophene rings is 1. The fourth-order valence-corrected chi connectivity index (χ4v) is 11.0. The van der Waals surface area contributed by atoms with E-state index in [1.165, 1.54) is 70.7 Å². The second-order valence-corrected chi connectivity index (χ2v) is 17.9. The molecule has 1 aliphatic rings. The average Bonchev–Trinajstić information content (AvgIpc) is 3.83. The number of nitrogens with zero attached hydrogens (tertiary/aromatic N) is 1. The summed E-state index contributed by atoms with van der Waals surface area (Å²) in [6.45, 7) is 9.64. The van der Waals surface area contributed by atoms with Crippen LogP contribution >= 0.6 is 11.3 Å². The highest BCUT2D eigenvalue weighted by atomic mass is 32.1. The highest BCUT2D eigenvalue weighted by molar-refractivity contribution is 7.25. The summed E-state index contributed by atoms with van der Waals surface area (Å²) in [6, 6.07) is 60.1. The largest absolute Gasteiger partial charge is 0.456 e. The molecule has 8 aromatic carbocycles. The highest BCUT2D eigenvalue weighted by Crippen LogP contribution is 2.52. The third-order valence-corrected chi connectivity index (χ3v) is 13.4. The maximum absolute atomic E-state index is 6.27. The summed E-state index contributed by atoms with van der Waals surface area (Å²) in [5.74, 6) is 0. The van der Waals surface area contributed by atoms with Crippen molar-refractivity contribution < 1.29 is 4.42 Å². The average molecular weight is 740 g/mol. The first kappa shape index (κ1) is 33.2. The summed E-state index contributed by atoms with van der Waals surface area (Å²) in [4.78, 5) is 2.40. The molecule has 10 aromatic rings. The minimum Gasteiger partial charge on any atom is -0.456 e. The predicted octanol–water partition coefficient (Wildman–Crippen LogP) is 15.9. The van der Waals surface area contributed by atoms with Gasteiger partial charge in [-0.05, 0) is 123 Å². The summed E-state index contributed by atoms with van der Waals surface area (Å²) in [5.41, 5.74) is 13.4. The van der Waals surface area contributed by atoms with Crippen molar-refractivity contribution in [3.8, 4) is 22.3 Å². The summed E-state index contributed by atoms with van der Waals surface area (Å²) in [6.07, 6.45) is 1.18. The summed E-state index contributed by atoms with van der Waals surface area (Å²) >= 11 is 1.93. The SMILES string of the molecule is CC1(C)CC(C)(C)c2cc3c(cc21)sc1ccc(-c2cccc4c(N(c5ccc(-c6ccccc6)cc5)c5ccc6oc7ccccc7c6c5)cccc24)cc13.